The van der Waals surface area contributed by atoms with Crippen molar-refractivity contribution in [3.63, 3.8) is 0 Å². The Morgan fingerprint density at radius 1 is 1.15 bits per heavy atom. The minimum atomic E-state index is -0.619. The summed E-state index contributed by atoms with van der Waals surface area (Å²) in [5, 5.41) is 0. The average molecular weight is 359 g/mol. The number of aromatic nitrogens is 2. The SMILES string of the molecule is O=C(c1cc(-c2ccc(F)cc2)nc(=O)[nH]1)N1CCC2(CC1)OCCO2. The fourth-order valence-corrected chi connectivity index (χ4v) is 3.35. The minimum absolute atomic E-state index is 0.161. The van der Waals surface area contributed by atoms with Crippen molar-refractivity contribution in [2.75, 3.05) is 26.3 Å². The van der Waals surface area contributed by atoms with E-state index in [1.165, 1.54) is 30.3 Å². The van der Waals surface area contributed by atoms with Crippen molar-refractivity contribution in [1.29, 1.82) is 0 Å². The summed E-state index contributed by atoms with van der Waals surface area (Å²) in [6.07, 6.45) is 1.19. The minimum Gasteiger partial charge on any atom is -0.347 e. The fourth-order valence-electron chi connectivity index (χ4n) is 3.35. The van der Waals surface area contributed by atoms with Gasteiger partial charge in [0.25, 0.3) is 5.91 Å². The van der Waals surface area contributed by atoms with E-state index in [2.05, 4.69) is 9.97 Å². The summed E-state index contributed by atoms with van der Waals surface area (Å²) >= 11 is 0. The normalized spacial score (nSPS) is 19.0. The summed E-state index contributed by atoms with van der Waals surface area (Å²) in [6, 6.07) is 7.12. The summed E-state index contributed by atoms with van der Waals surface area (Å²) in [5.74, 6) is -1.23. The van der Waals surface area contributed by atoms with E-state index in [0.717, 1.165) is 0 Å². The smallest absolute Gasteiger partial charge is 0.346 e. The van der Waals surface area contributed by atoms with Gasteiger partial charge in [-0.2, -0.15) is 4.98 Å². The van der Waals surface area contributed by atoms with E-state index < -0.39 is 11.5 Å². The largest absolute Gasteiger partial charge is 0.347 e. The molecule has 2 saturated heterocycles. The van der Waals surface area contributed by atoms with Gasteiger partial charge in [0.05, 0.1) is 18.9 Å². The summed E-state index contributed by atoms with van der Waals surface area (Å²) in [5.41, 5.74) is 0.435. The van der Waals surface area contributed by atoms with Crippen molar-refractivity contribution >= 4 is 5.91 Å². The van der Waals surface area contributed by atoms with Gasteiger partial charge in [-0.15, -0.1) is 0 Å². The van der Waals surface area contributed by atoms with Crippen LogP contribution in [0.1, 0.15) is 23.3 Å². The number of rotatable bonds is 2. The van der Waals surface area contributed by atoms with Crippen LogP contribution in [0.15, 0.2) is 35.1 Å². The van der Waals surface area contributed by atoms with Crippen LogP contribution >= 0.6 is 0 Å². The van der Waals surface area contributed by atoms with Gasteiger partial charge in [0.2, 0.25) is 0 Å². The summed E-state index contributed by atoms with van der Waals surface area (Å²) < 4.78 is 24.4. The first-order valence-corrected chi connectivity index (χ1v) is 8.49. The molecule has 7 nitrogen and oxygen atoms in total. The number of nitrogens with zero attached hydrogens (tertiary/aromatic N) is 2. The van der Waals surface area contributed by atoms with Crippen LogP contribution in [0, 0.1) is 5.82 Å². The average Bonchev–Trinajstić information content (AvgIpc) is 3.10. The highest BCUT2D eigenvalue weighted by molar-refractivity contribution is 5.93. The number of piperidine rings is 1. The lowest BCUT2D eigenvalue weighted by atomic mass is 10.0. The molecule has 1 aromatic heterocycles. The Bertz CT molecular complexity index is 865. The molecule has 0 bridgehead atoms. The molecule has 2 aliphatic rings. The van der Waals surface area contributed by atoms with Crippen LogP contribution in [-0.4, -0.2) is 52.9 Å². The molecule has 0 atom stereocenters. The number of carbonyl (C=O) groups is 1. The van der Waals surface area contributed by atoms with Gasteiger partial charge < -0.3 is 19.4 Å². The maximum absolute atomic E-state index is 13.1. The molecule has 1 amide bonds. The lowest BCUT2D eigenvalue weighted by molar-refractivity contribution is -0.181. The van der Waals surface area contributed by atoms with E-state index >= 15 is 0 Å². The van der Waals surface area contributed by atoms with Gasteiger partial charge in [0, 0.05) is 31.5 Å². The maximum atomic E-state index is 13.1. The van der Waals surface area contributed by atoms with Crippen molar-refractivity contribution in [2.24, 2.45) is 0 Å². The van der Waals surface area contributed by atoms with Gasteiger partial charge in [0.1, 0.15) is 11.5 Å². The van der Waals surface area contributed by atoms with Crippen LogP contribution in [-0.2, 0) is 9.47 Å². The highest BCUT2D eigenvalue weighted by Gasteiger charge is 2.41. The zero-order valence-corrected chi connectivity index (χ0v) is 14.0. The number of ether oxygens (including phenoxy) is 2. The van der Waals surface area contributed by atoms with Crippen molar-refractivity contribution < 1.29 is 18.7 Å². The van der Waals surface area contributed by atoms with Crippen molar-refractivity contribution in [3.05, 3.63) is 52.3 Å². The zero-order chi connectivity index (χ0) is 18.1. The molecule has 26 heavy (non-hydrogen) atoms. The molecule has 0 aliphatic carbocycles. The van der Waals surface area contributed by atoms with Crippen LogP contribution in [0.3, 0.4) is 0 Å². The van der Waals surface area contributed by atoms with E-state index in [1.54, 1.807) is 4.90 Å². The fraction of sp³-hybridized carbons (Fsp3) is 0.389. The van der Waals surface area contributed by atoms with Crippen LogP contribution in [0.2, 0.25) is 0 Å². The van der Waals surface area contributed by atoms with Gasteiger partial charge in [-0.1, -0.05) is 0 Å². The molecular weight excluding hydrogens is 341 g/mol. The quantitative estimate of drug-likeness (QED) is 0.880. The third kappa shape index (κ3) is 3.25. The van der Waals surface area contributed by atoms with E-state index in [9.17, 15) is 14.0 Å². The summed E-state index contributed by atoms with van der Waals surface area (Å²) in [7, 11) is 0. The lowest BCUT2D eigenvalue weighted by Crippen LogP contribution is -2.47. The number of hydrogen-bond acceptors (Lipinski definition) is 5. The number of nitrogens with one attached hydrogen (secondary N) is 1. The standard InChI is InChI=1S/C18H18FN3O4/c19-13-3-1-12(2-4-13)14-11-15(21-17(24)20-14)16(23)22-7-5-18(6-8-22)25-9-10-26-18/h1-4,11H,5-10H2,(H,20,21,24). The Labute approximate surface area is 148 Å². The molecule has 0 radical (unpaired) electrons. The van der Waals surface area contributed by atoms with Gasteiger partial charge in [-0.3, -0.25) is 4.79 Å². The number of likely N-dealkylation sites (tertiary alicyclic amines) is 1. The van der Waals surface area contributed by atoms with Gasteiger partial charge in [-0.25, -0.2) is 9.18 Å². The second-order valence-electron chi connectivity index (χ2n) is 6.39. The van der Waals surface area contributed by atoms with E-state index in [1.807, 2.05) is 0 Å². The third-order valence-corrected chi connectivity index (χ3v) is 4.74. The molecule has 8 heteroatoms. The number of H-pyrrole nitrogens is 1. The Morgan fingerprint density at radius 3 is 2.46 bits per heavy atom. The second kappa shape index (κ2) is 6.62. The Kier molecular flexibility index (Phi) is 4.29. The molecule has 136 valence electrons. The van der Waals surface area contributed by atoms with Crippen LogP contribution < -0.4 is 5.69 Å². The van der Waals surface area contributed by atoms with E-state index in [4.69, 9.17) is 9.47 Å². The van der Waals surface area contributed by atoms with Gasteiger partial charge >= 0.3 is 5.69 Å². The van der Waals surface area contributed by atoms with Crippen molar-refractivity contribution in [2.45, 2.75) is 18.6 Å². The van der Waals surface area contributed by atoms with E-state index in [-0.39, 0.29) is 17.4 Å². The molecule has 1 aromatic carbocycles. The first-order chi connectivity index (χ1) is 12.5. The predicted octanol–water partition coefficient (Wildman–Crippen LogP) is 1.56. The highest BCUT2D eigenvalue weighted by atomic mass is 19.1. The first kappa shape index (κ1) is 16.9. The summed E-state index contributed by atoms with van der Waals surface area (Å²) in [6.45, 7) is 2.11. The van der Waals surface area contributed by atoms with Crippen molar-refractivity contribution in [3.8, 4) is 11.3 Å². The van der Waals surface area contributed by atoms with Crippen LogP contribution in [0.25, 0.3) is 11.3 Å². The molecule has 2 fully saturated rings. The molecule has 2 aliphatic heterocycles. The second-order valence-corrected chi connectivity index (χ2v) is 6.39. The number of amides is 1. The van der Waals surface area contributed by atoms with Gasteiger partial charge in [-0.05, 0) is 30.3 Å². The Morgan fingerprint density at radius 2 is 1.81 bits per heavy atom. The van der Waals surface area contributed by atoms with E-state index in [0.29, 0.717) is 50.4 Å². The third-order valence-electron chi connectivity index (χ3n) is 4.74. The topological polar surface area (TPSA) is 84.5 Å². The molecule has 1 spiro atoms. The number of hydrogen-bond donors (Lipinski definition) is 1. The molecule has 4 rings (SSSR count). The number of halogens is 1. The summed E-state index contributed by atoms with van der Waals surface area (Å²) in [4.78, 5) is 32.7. The zero-order valence-electron chi connectivity index (χ0n) is 14.0. The van der Waals surface area contributed by atoms with Gasteiger partial charge in [0.15, 0.2) is 5.79 Å². The molecule has 2 aromatic rings. The molecule has 0 unspecified atom stereocenters. The number of benzene rings is 1. The first-order valence-electron chi connectivity index (χ1n) is 8.49. The number of carbonyl (C=O) groups excluding carboxylic acids is 1. The monoisotopic (exact) mass is 359 g/mol. The highest BCUT2D eigenvalue weighted by Crippen LogP contribution is 2.31. The molecular formula is C18H18FN3O4. The van der Waals surface area contributed by atoms with Crippen LogP contribution in [0.5, 0.6) is 0 Å². The van der Waals surface area contributed by atoms with Crippen LogP contribution in [0.4, 0.5) is 4.39 Å². The molecule has 0 saturated carbocycles. The Hall–Kier alpha value is -2.58. The Balaban J connectivity index is 1.55. The van der Waals surface area contributed by atoms with Crippen molar-refractivity contribution in [1.82, 2.24) is 14.9 Å². The number of aromatic amines is 1. The maximum Gasteiger partial charge on any atom is 0.346 e. The predicted molar refractivity (Wildman–Crippen MR) is 90.0 cm³/mol. The molecule has 3 heterocycles. The molecule has 1 N–H and O–H groups in total. The lowest BCUT2D eigenvalue weighted by Gasteiger charge is -2.37.